The smallest absolute Gasteiger partial charge is 0.416 e. The lowest BCUT2D eigenvalue weighted by atomic mass is 10.0. The fourth-order valence-electron chi connectivity index (χ4n) is 2.51. The van der Waals surface area contributed by atoms with E-state index in [4.69, 9.17) is 4.74 Å². The van der Waals surface area contributed by atoms with Crippen LogP contribution in [0, 0.1) is 10.1 Å². The summed E-state index contributed by atoms with van der Waals surface area (Å²) in [6.45, 7) is 0. The molecule has 27 heavy (non-hydrogen) atoms. The molecule has 138 valence electrons. The number of hydrogen-bond donors (Lipinski definition) is 0. The molecule has 0 unspecified atom stereocenters. The summed E-state index contributed by atoms with van der Waals surface area (Å²) in [5.74, 6) is 0.571. The van der Waals surface area contributed by atoms with Crippen LogP contribution in [0.4, 0.5) is 18.9 Å². The molecule has 8 heteroatoms. The first-order valence-electron chi connectivity index (χ1n) is 7.76. The van der Waals surface area contributed by atoms with Crippen LogP contribution >= 0.6 is 0 Å². The Hall–Kier alpha value is -3.42. The third kappa shape index (κ3) is 4.05. The number of nitro benzene ring substituents is 1. The SMILES string of the molecule is COc1ccc(-c2cc(C(F)(F)F)cc(-c3ccc([N+](=O)[O-])cc3)n2)cc1. The summed E-state index contributed by atoms with van der Waals surface area (Å²) >= 11 is 0. The van der Waals surface area contributed by atoms with Crippen LogP contribution < -0.4 is 4.74 Å². The van der Waals surface area contributed by atoms with E-state index in [1.165, 1.54) is 31.4 Å². The molecule has 5 nitrogen and oxygen atoms in total. The number of ether oxygens (including phenoxy) is 1. The molecule has 0 saturated carbocycles. The number of pyridine rings is 1. The van der Waals surface area contributed by atoms with Gasteiger partial charge in [0.25, 0.3) is 5.69 Å². The monoisotopic (exact) mass is 374 g/mol. The highest BCUT2D eigenvalue weighted by atomic mass is 19.4. The van der Waals surface area contributed by atoms with Crippen LogP contribution in [-0.4, -0.2) is 17.0 Å². The zero-order valence-corrected chi connectivity index (χ0v) is 14.0. The number of nitro groups is 1. The zero-order valence-electron chi connectivity index (χ0n) is 14.0. The molecule has 0 fully saturated rings. The molecule has 0 amide bonds. The van der Waals surface area contributed by atoms with Crippen LogP contribution in [-0.2, 0) is 6.18 Å². The van der Waals surface area contributed by atoms with Gasteiger partial charge in [-0.3, -0.25) is 10.1 Å². The number of rotatable bonds is 4. The van der Waals surface area contributed by atoms with Gasteiger partial charge in [-0.25, -0.2) is 4.98 Å². The van der Waals surface area contributed by atoms with E-state index >= 15 is 0 Å². The highest BCUT2D eigenvalue weighted by Gasteiger charge is 2.32. The second kappa shape index (κ2) is 7.06. The van der Waals surface area contributed by atoms with Crippen LogP contribution in [0.3, 0.4) is 0 Å². The van der Waals surface area contributed by atoms with E-state index < -0.39 is 16.7 Å². The van der Waals surface area contributed by atoms with Crippen molar-refractivity contribution in [3.63, 3.8) is 0 Å². The van der Waals surface area contributed by atoms with Gasteiger partial charge in [-0.1, -0.05) is 0 Å². The van der Waals surface area contributed by atoms with Crippen molar-refractivity contribution in [2.24, 2.45) is 0 Å². The lowest BCUT2D eigenvalue weighted by Gasteiger charge is -2.12. The van der Waals surface area contributed by atoms with Gasteiger partial charge in [0.2, 0.25) is 0 Å². The van der Waals surface area contributed by atoms with Crippen molar-refractivity contribution in [2.45, 2.75) is 6.18 Å². The number of alkyl halides is 3. The summed E-state index contributed by atoms with van der Waals surface area (Å²) in [4.78, 5) is 14.5. The number of aromatic nitrogens is 1. The van der Waals surface area contributed by atoms with Gasteiger partial charge in [0.1, 0.15) is 5.75 Å². The molecular weight excluding hydrogens is 361 g/mol. The minimum absolute atomic E-state index is 0.0746. The first kappa shape index (κ1) is 18.4. The van der Waals surface area contributed by atoms with Gasteiger partial charge < -0.3 is 4.74 Å². The maximum Gasteiger partial charge on any atom is 0.416 e. The molecule has 0 radical (unpaired) electrons. The standard InChI is InChI=1S/C19H13F3N2O3/c1-27-16-8-4-13(5-9-16)18-11-14(19(20,21)22)10-17(23-18)12-2-6-15(7-3-12)24(25)26/h2-11H,1H3. The highest BCUT2D eigenvalue weighted by Crippen LogP contribution is 2.35. The highest BCUT2D eigenvalue weighted by molar-refractivity contribution is 5.68. The van der Waals surface area contributed by atoms with E-state index in [1.54, 1.807) is 24.3 Å². The number of non-ortho nitro benzene ring substituents is 1. The van der Waals surface area contributed by atoms with Crippen molar-refractivity contribution in [1.29, 1.82) is 0 Å². The molecule has 3 rings (SSSR count). The predicted molar refractivity (Wildman–Crippen MR) is 93.3 cm³/mol. The summed E-state index contributed by atoms with van der Waals surface area (Å²) < 4.78 is 45.0. The van der Waals surface area contributed by atoms with Gasteiger partial charge in [0.05, 0.1) is 29.0 Å². The molecule has 0 atom stereocenters. The molecule has 0 aliphatic carbocycles. The maximum absolute atomic E-state index is 13.3. The molecule has 1 aromatic heterocycles. The molecule has 0 N–H and O–H groups in total. The maximum atomic E-state index is 13.3. The second-order valence-corrected chi connectivity index (χ2v) is 5.66. The molecule has 0 spiro atoms. The Bertz CT molecular complexity index is 969. The van der Waals surface area contributed by atoms with E-state index in [0.29, 0.717) is 16.9 Å². The Balaban J connectivity index is 2.11. The first-order valence-corrected chi connectivity index (χ1v) is 7.76. The Morgan fingerprint density at radius 3 is 1.81 bits per heavy atom. The van der Waals surface area contributed by atoms with Gasteiger partial charge in [-0.15, -0.1) is 0 Å². The molecule has 0 saturated heterocycles. The van der Waals surface area contributed by atoms with Crippen LogP contribution in [0.5, 0.6) is 5.75 Å². The number of methoxy groups -OCH3 is 1. The van der Waals surface area contributed by atoms with Gasteiger partial charge in [-0.05, 0) is 48.5 Å². The number of benzene rings is 2. The van der Waals surface area contributed by atoms with Crippen LogP contribution in [0.25, 0.3) is 22.5 Å². The zero-order chi connectivity index (χ0) is 19.6. The fraction of sp³-hybridized carbons (Fsp3) is 0.105. The Morgan fingerprint density at radius 1 is 0.926 bits per heavy atom. The van der Waals surface area contributed by atoms with Crippen molar-refractivity contribution >= 4 is 5.69 Å². The minimum atomic E-state index is -4.56. The van der Waals surface area contributed by atoms with Gasteiger partial charge in [0.15, 0.2) is 0 Å². The van der Waals surface area contributed by atoms with Gasteiger partial charge >= 0.3 is 6.18 Å². The van der Waals surface area contributed by atoms with E-state index in [1.807, 2.05) is 0 Å². The summed E-state index contributed by atoms with van der Waals surface area (Å²) in [7, 11) is 1.49. The molecule has 0 aliphatic heterocycles. The topological polar surface area (TPSA) is 65.3 Å². The van der Waals surface area contributed by atoms with Crippen molar-refractivity contribution < 1.29 is 22.8 Å². The summed E-state index contributed by atoms with van der Waals surface area (Å²) in [5, 5.41) is 10.8. The number of halogens is 3. The third-order valence-corrected chi connectivity index (χ3v) is 3.91. The average molecular weight is 374 g/mol. The molecule has 1 heterocycles. The fourth-order valence-corrected chi connectivity index (χ4v) is 2.51. The van der Waals surface area contributed by atoms with Gasteiger partial charge in [-0.2, -0.15) is 13.2 Å². The number of hydrogen-bond acceptors (Lipinski definition) is 4. The lowest BCUT2D eigenvalue weighted by Crippen LogP contribution is -2.06. The van der Waals surface area contributed by atoms with E-state index in [0.717, 1.165) is 12.1 Å². The Morgan fingerprint density at radius 2 is 1.41 bits per heavy atom. The molecule has 2 aromatic carbocycles. The number of nitrogens with zero attached hydrogens (tertiary/aromatic N) is 2. The largest absolute Gasteiger partial charge is 0.497 e. The average Bonchev–Trinajstić information content (AvgIpc) is 2.67. The van der Waals surface area contributed by atoms with Crippen LogP contribution in [0.15, 0.2) is 60.7 Å². The quantitative estimate of drug-likeness (QED) is 0.456. The van der Waals surface area contributed by atoms with Crippen LogP contribution in [0.2, 0.25) is 0 Å². The van der Waals surface area contributed by atoms with Crippen LogP contribution in [0.1, 0.15) is 5.56 Å². The summed E-state index contributed by atoms with van der Waals surface area (Å²) in [6.07, 6.45) is -4.56. The molecular formula is C19H13F3N2O3. The molecule has 3 aromatic rings. The van der Waals surface area contributed by atoms with Crippen molar-refractivity contribution in [3.8, 4) is 28.3 Å². The summed E-state index contributed by atoms with van der Waals surface area (Å²) in [6, 6.07) is 13.6. The summed E-state index contributed by atoms with van der Waals surface area (Å²) in [5.41, 5.74) is 0.0515. The Kier molecular flexibility index (Phi) is 4.81. The van der Waals surface area contributed by atoms with E-state index in [-0.39, 0.29) is 17.1 Å². The first-order chi connectivity index (χ1) is 12.8. The van der Waals surface area contributed by atoms with Gasteiger partial charge in [0, 0.05) is 23.3 Å². The normalized spacial score (nSPS) is 11.3. The second-order valence-electron chi connectivity index (χ2n) is 5.66. The van der Waals surface area contributed by atoms with Crippen molar-refractivity contribution in [1.82, 2.24) is 4.98 Å². The molecule has 0 bridgehead atoms. The van der Waals surface area contributed by atoms with E-state index in [9.17, 15) is 23.3 Å². The Labute approximate surface area is 152 Å². The third-order valence-electron chi connectivity index (χ3n) is 3.91. The predicted octanol–water partition coefficient (Wildman–Crippen LogP) is 5.35. The molecule has 0 aliphatic rings. The van der Waals surface area contributed by atoms with Crippen molar-refractivity contribution in [2.75, 3.05) is 7.11 Å². The lowest BCUT2D eigenvalue weighted by molar-refractivity contribution is -0.384. The van der Waals surface area contributed by atoms with Crippen molar-refractivity contribution in [3.05, 3.63) is 76.3 Å². The minimum Gasteiger partial charge on any atom is -0.497 e. The van der Waals surface area contributed by atoms with E-state index in [2.05, 4.69) is 4.98 Å².